The molecule has 4 rings (SSSR count). The van der Waals surface area contributed by atoms with Gasteiger partial charge in [0.05, 0.1) is 0 Å². The van der Waals surface area contributed by atoms with Crippen molar-refractivity contribution in [3.63, 3.8) is 0 Å². The first-order chi connectivity index (χ1) is 11.8. The number of nitrogens with one attached hydrogen (secondary N) is 1. The Hall–Kier alpha value is -3.16. The molecule has 0 aliphatic carbocycles. The van der Waals surface area contributed by atoms with Crippen LogP contribution in [0.25, 0.3) is 11.2 Å². The summed E-state index contributed by atoms with van der Waals surface area (Å²) >= 11 is 0. The van der Waals surface area contributed by atoms with Crippen molar-refractivity contribution in [2.45, 2.75) is 20.4 Å². The van der Waals surface area contributed by atoms with E-state index in [1.54, 1.807) is 16.5 Å². The first-order valence-electron chi connectivity index (χ1n) is 7.93. The Kier molecular flexibility index (Phi) is 3.02. The van der Waals surface area contributed by atoms with Gasteiger partial charge < -0.3 is 0 Å². The number of imidazole rings is 1. The van der Waals surface area contributed by atoms with E-state index in [2.05, 4.69) is 4.98 Å². The second kappa shape index (κ2) is 4.92. The highest BCUT2D eigenvalue weighted by molar-refractivity contribution is 6.00. The Morgan fingerprint density at radius 1 is 1.04 bits per heavy atom. The van der Waals surface area contributed by atoms with Crippen LogP contribution >= 0.6 is 0 Å². The van der Waals surface area contributed by atoms with Crippen LogP contribution in [0.2, 0.25) is 0 Å². The molecule has 1 aromatic carbocycles. The van der Waals surface area contributed by atoms with Gasteiger partial charge in [0.2, 0.25) is 11.2 Å². The summed E-state index contributed by atoms with van der Waals surface area (Å²) in [4.78, 5) is 41.9. The number of H-pyrrole nitrogens is 1. The number of aromatic nitrogens is 4. The van der Waals surface area contributed by atoms with E-state index < -0.39 is 11.2 Å². The molecule has 0 unspecified atom stereocenters. The molecule has 0 spiro atoms. The molecule has 0 fully saturated rings. The molecule has 8 nitrogen and oxygen atoms in total. The van der Waals surface area contributed by atoms with Crippen LogP contribution in [0.4, 0.5) is 11.6 Å². The number of carbonyl (C=O) groups is 1. The van der Waals surface area contributed by atoms with Crippen LogP contribution in [-0.4, -0.2) is 20.0 Å². The summed E-state index contributed by atoms with van der Waals surface area (Å²) in [5.41, 5.74) is 2.83. The van der Waals surface area contributed by atoms with Crippen LogP contribution in [0.1, 0.15) is 11.1 Å². The quantitative estimate of drug-likeness (QED) is 0.640. The van der Waals surface area contributed by atoms with Crippen molar-refractivity contribution in [1.82, 2.24) is 14.1 Å². The zero-order chi connectivity index (χ0) is 18.0. The molecule has 8 heteroatoms. The summed E-state index contributed by atoms with van der Waals surface area (Å²) in [6.07, 6.45) is 0. The fourth-order valence-corrected chi connectivity index (χ4v) is 3.28. The summed E-state index contributed by atoms with van der Waals surface area (Å²) in [6.45, 7) is 4.04. The fraction of sp³-hybridized carbons (Fsp3) is 0.294. The highest BCUT2D eigenvalue weighted by Gasteiger charge is 2.41. The lowest BCUT2D eigenvalue weighted by Crippen LogP contribution is -2.43. The Balaban J connectivity index is 2.03. The minimum atomic E-state index is -0.421. The number of anilines is 2. The van der Waals surface area contributed by atoms with Gasteiger partial charge in [0.15, 0.2) is 6.54 Å². The van der Waals surface area contributed by atoms with Gasteiger partial charge in [-0.15, -0.1) is 0 Å². The van der Waals surface area contributed by atoms with E-state index in [9.17, 15) is 14.4 Å². The molecule has 1 N–H and O–H groups in total. The lowest BCUT2D eigenvalue weighted by atomic mass is 10.1. The second-order valence-corrected chi connectivity index (χ2v) is 6.44. The molecule has 0 atom stereocenters. The third kappa shape index (κ3) is 1.93. The van der Waals surface area contributed by atoms with Gasteiger partial charge in [-0.1, -0.05) is 6.07 Å². The van der Waals surface area contributed by atoms with E-state index in [1.165, 1.54) is 11.6 Å². The number of hydrogen-bond donors (Lipinski definition) is 1. The van der Waals surface area contributed by atoms with Gasteiger partial charge in [0.1, 0.15) is 5.69 Å². The summed E-state index contributed by atoms with van der Waals surface area (Å²) < 4.78 is 4.06. The van der Waals surface area contributed by atoms with Gasteiger partial charge in [-0.2, -0.15) is 4.90 Å². The maximum Gasteiger partial charge on any atom is 0.372 e. The average Bonchev–Trinajstić information content (AvgIpc) is 3.08. The van der Waals surface area contributed by atoms with Gasteiger partial charge in [0.25, 0.3) is 5.56 Å². The van der Waals surface area contributed by atoms with Gasteiger partial charge in [0, 0.05) is 14.1 Å². The van der Waals surface area contributed by atoms with Crippen molar-refractivity contribution in [3.8, 4) is 0 Å². The molecule has 0 bridgehead atoms. The molecule has 3 aromatic rings. The molecule has 25 heavy (non-hydrogen) atoms. The van der Waals surface area contributed by atoms with Gasteiger partial charge in [-0.25, -0.2) is 14.3 Å². The van der Waals surface area contributed by atoms with Crippen molar-refractivity contribution >= 4 is 28.7 Å². The Morgan fingerprint density at radius 2 is 1.76 bits per heavy atom. The minimum Gasteiger partial charge on any atom is -0.267 e. The maximum atomic E-state index is 12.6. The smallest absolute Gasteiger partial charge is 0.267 e. The summed E-state index contributed by atoms with van der Waals surface area (Å²) in [5.74, 6) is 0.355. The van der Waals surface area contributed by atoms with Crippen LogP contribution < -0.4 is 20.7 Å². The summed E-state index contributed by atoms with van der Waals surface area (Å²) in [6, 6.07) is 5.77. The second-order valence-electron chi connectivity index (χ2n) is 6.44. The number of aryl methyl sites for hydroxylation is 3. The van der Waals surface area contributed by atoms with Crippen LogP contribution in [0.15, 0.2) is 27.8 Å². The fourth-order valence-electron chi connectivity index (χ4n) is 3.28. The number of hydrogen-bond acceptors (Lipinski definition) is 3. The van der Waals surface area contributed by atoms with Crippen LogP contribution in [0.5, 0.6) is 0 Å². The molecular formula is C17H18N5O3+. The monoisotopic (exact) mass is 340 g/mol. The number of rotatable bonds is 1. The predicted octanol–water partition coefficient (Wildman–Crippen LogP) is 0.148. The van der Waals surface area contributed by atoms with Crippen molar-refractivity contribution in [2.75, 3.05) is 4.90 Å². The average molecular weight is 340 g/mol. The third-order valence-electron chi connectivity index (χ3n) is 4.90. The van der Waals surface area contributed by atoms with E-state index in [1.807, 2.05) is 32.0 Å². The third-order valence-corrected chi connectivity index (χ3v) is 4.90. The highest BCUT2D eigenvalue weighted by Crippen LogP contribution is 2.28. The molecule has 1 aliphatic heterocycles. The summed E-state index contributed by atoms with van der Waals surface area (Å²) in [7, 11) is 3.03. The number of fused-ring (bicyclic) bond motifs is 3. The molecule has 0 saturated heterocycles. The van der Waals surface area contributed by atoms with E-state index in [4.69, 9.17) is 0 Å². The van der Waals surface area contributed by atoms with Gasteiger partial charge >= 0.3 is 17.5 Å². The van der Waals surface area contributed by atoms with Gasteiger partial charge in [-0.3, -0.25) is 18.7 Å². The number of carbonyl (C=O) groups excluding carboxylic acids is 1. The standard InChI is InChI=1S/C17H17N5O3/c1-9-5-6-11(7-10(9)2)22-12(23)8-21-13-14(18-16(21)22)19(3)17(25)20(4)15(13)24/h5-7H,8H2,1-4H3/p+1. The lowest BCUT2D eigenvalue weighted by Gasteiger charge is -2.09. The van der Waals surface area contributed by atoms with Crippen LogP contribution in [0.3, 0.4) is 0 Å². The highest BCUT2D eigenvalue weighted by atomic mass is 16.2. The number of amides is 1. The molecule has 0 radical (unpaired) electrons. The summed E-state index contributed by atoms with van der Waals surface area (Å²) in [5, 5.41) is 0. The number of nitrogens with zero attached hydrogens (tertiary/aromatic N) is 4. The minimum absolute atomic E-state index is 0.0513. The lowest BCUT2D eigenvalue weighted by molar-refractivity contribution is -0.637. The van der Waals surface area contributed by atoms with Crippen LogP contribution in [0, 0.1) is 13.8 Å². The predicted molar refractivity (Wildman–Crippen MR) is 92.0 cm³/mol. The van der Waals surface area contributed by atoms with Crippen molar-refractivity contribution in [3.05, 3.63) is 50.2 Å². The van der Waals surface area contributed by atoms with Gasteiger partial charge in [-0.05, 0) is 37.1 Å². The number of benzene rings is 1. The zero-order valence-electron chi connectivity index (χ0n) is 14.5. The molecule has 3 heterocycles. The Labute approximate surface area is 142 Å². The Bertz CT molecular complexity index is 1180. The first-order valence-corrected chi connectivity index (χ1v) is 7.93. The Morgan fingerprint density at radius 3 is 2.44 bits per heavy atom. The maximum absolute atomic E-state index is 12.6. The molecule has 2 aromatic heterocycles. The van der Waals surface area contributed by atoms with Crippen molar-refractivity contribution in [2.24, 2.45) is 14.1 Å². The van der Waals surface area contributed by atoms with Crippen molar-refractivity contribution in [1.29, 1.82) is 0 Å². The van der Waals surface area contributed by atoms with E-state index in [0.717, 1.165) is 21.4 Å². The van der Waals surface area contributed by atoms with E-state index >= 15 is 0 Å². The SMILES string of the molecule is Cc1ccc(N2C(=O)C[n+]3c2[nH]c2c3c(=O)n(C)c(=O)n2C)cc1C. The zero-order valence-corrected chi connectivity index (χ0v) is 14.5. The van der Waals surface area contributed by atoms with E-state index in [0.29, 0.717) is 17.1 Å². The molecule has 1 aliphatic rings. The largest absolute Gasteiger partial charge is 0.372 e. The normalized spacial score (nSPS) is 13.8. The molecular weight excluding hydrogens is 322 g/mol. The first kappa shape index (κ1) is 15.4. The topological polar surface area (TPSA) is 84.0 Å². The van der Waals surface area contributed by atoms with Crippen LogP contribution in [-0.2, 0) is 25.4 Å². The van der Waals surface area contributed by atoms with Crippen molar-refractivity contribution < 1.29 is 9.36 Å². The van der Waals surface area contributed by atoms with E-state index in [-0.39, 0.29) is 12.5 Å². The molecule has 0 saturated carbocycles. The number of aromatic amines is 1. The molecule has 128 valence electrons. The molecule has 1 amide bonds.